The van der Waals surface area contributed by atoms with Gasteiger partial charge in [0, 0.05) is 36.5 Å². The topological polar surface area (TPSA) is 105 Å². The molecule has 1 aliphatic heterocycles. The van der Waals surface area contributed by atoms with Crippen molar-refractivity contribution in [2.45, 2.75) is 51.7 Å². The number of hydrogen-bond acceptors (Lipinski definition) is 9. The largest absolute Gasteiger partial charge is 0.390 e. The highest BCUT2D eigenvalue weighted by Gasteiger charge is 2.17. The number of rotatable bonds is 9. The Morgan fingerprint density at radius 3 is 2.74 bits per heavy atom. The summed E-state index contributed by atoms with van der Waals surface area (Å²) in [5.41, 5.74) is 2.84. The Morgan fingerprint density at radius 2 is 1.91 bits per heavy atom. The summed E-state index contributed by atoms with van der Waals surface area (Å²) in [7, 11) is 0. The molecule has 34 heavy (non-hydrogen) atoms. The Bertz CT molecular complexity index is 1260. The maximum atomic E-state index is 9.99. The molecule has 0 atom stereocenters. The second-order valence-electron chi connectivity index (χ2n) is 9.47. The summed E-state index contributed by atoms with van der Waals surface area (Å²) in [6.45, 7) is 8.04. The number of hydrogen-bond donors (Lipinski definition) is 2. The molecule has 1 saturated heterocycles. The molecule has 178 valence electrons. The first-order chi connectivity index (χ1) is 16.4. The molecule has 10 heteroatoms. The van der Waals surface area contributed by atoms with Crippen molar-refractivity contribution in [3.63, 3.8) is 0 Å². The molecular weight excluding hydrogens is 448 g/mol. The van der Waals surface area contributed by atoms with Gasteiger partial charge in [0.15, 0.2) is 0 Å². The van der Waals surface area contributed by atoms with E-state index in [0.717, 1.165) is 46.7 Å². The molecule has 0 amide bonds. The van der Waals surface area contributed by atoms with Crippen molar-refractivity contribution in [2.75, 3.05) is 25.0 Å². The lowest BCUT2D eigenvalue weighted by molar-refractivity contribution is 0.0807. The highest BCUT2D eigenvalue weighted by molar-refractivity contribution is 7.15. The number of anilines is 2. The van der Waals surface area contributed by atoms with E-state index < -0.39 is 5.60 Å². The van der Waals surface area contributed by atoms with E-state index in [9.17, 15) is 5.11 Å². The summed E-state index contributed by atoms with van der Waals surface area (Å²) in [6, 6.07) is 5.86. The van der Waals surface area contributed by atoms with E-state index in [2.05, 4.69) is 36.7 Å². The lowest BCUT2D eigenvalue weighted by atomic mass is 10.1. The van der Waals surface area contributed by atoms with Gasteiger partial charge >= 0.3 is 0 Å². The molecule has 9 nitrogen and oxygen atoms in total. The maximum Gasteiger partial charge on any atom is 0.211 e. The molecule has 0 aromatic carbocycles. The van der Waals surface area contributed by atoms with Gasteiger partial charge in [0.1, 0.15) is 10.8 Å². The lowest BCUT2D eigenvalue weighted by Crippen LogP contribution is -2.21. The first-order valence-electron chi connectivity index (χ1n) is 11.8. The summed E-state index contributed by atoms with van der Waals surface area (Å²) < 4.78 is 2.02. The SMILES string of the molecule is CC(C)(O)Cc1nnc(Nc2ccc3ncc(-c4cnn(CCCN5CCCC5)c4)cc3n2)s1. The number of nitrogens with zero attached hydrogens (tertiary/aromatic N) is 7. The fourth-order valence-corrected chi connectivity index (χ4v) is 5.15. The van der Waals surface area contributed by atoms with Crippen LogP contribution in [0.15, 0.2) is 36.8 Å². The quantitative estimate of drug-likeness (QED) is 0.373. The van der Waals surface area contributed by atoms with Gasteiger partial charge in [-0.1, -0.05) is 11.3 Å². The van der Waals surface area contributed by atoms with Crippen LogP contribution in [0, 0.1) is 0 Å². The number of aromatic nitrogens is 6. The van der Waals surface area contributed by atoms with E-state index in [1.807, 2.05) is 35.3 Å². The number of likely N-dealkylation sites (tertiary alicyclic amines) is 1. The Kier molecular flexibility index (Phi) is 6.53. The van der Waals surface area contributed by atoms with Crippen molar-refractivity contribution in [2.24, 2.45) is 0 Å². The van der Waals surface area contributed by atoms with Gasteiger partial charge in [0.05, 0.1) is 22.8 Å². The molecule has 5 rings (SSSR count). The van der Waals surface area contributed by atoms with Crippen LogP contribution in [0.25, 0.3) is 22.2 Å². The van der Waals surface area contributed by atoms with Crippen molar-refractivity contribution in [1.82, 2.24) is 34.8 Å². The number of aliphatic hydroxyl groups is 1. The highest BCUT2D eigenvalue weighted by Crippen LogP contribution is 2.26. The summed E-state index contributed by atoms with van der Waals surface area (Å²) in [5.74, 6) is 0.676. The molecule has 0 saturated carbocycles. The summed E-state index contributed by atoms with van der Waals surface area (Å²) in [6.07, 6.45) is 10.1. The first-order valence-corrected chi connectivity index (χ1v) is 12.6. The van der Waals surface area contributed by atoms with E-state index in [-0.39, 0.29) is 0 Å². The van der Waals surface area contributed by atoms with Crippen LogP contribution in [0.1, 0.15) is 38.1 Å². The van der Waals surface area contributed by atoms with Crippen LogP contribution in [0.3, 0.4) is 0 Å². The van der Waals surface area contributed by atoms with Crippen molar-refractivity contribution in [1.29, 1.82) is 0 Å². The maximum absolute atomic E-state index is 9.99. The molecule has 0 aliphatic carbocycles. The molecule has 4 aromatic rings. The zero-order valence-electron chi connectivity index (χ0n) is 19.6. The predicted molar refractivity (Wildman–Crippen MR) is 134 cm³/mol. The van der Waals surface area contributed by atoms with Crippen molar-refractivity contribution >= 4 is 33.3 Å². The lowest BCUT2D eigenvalue weighted by Gasteiger charge is -2.13. The van der Waals surface area contributed by atoms with Crippen molar-refractivity contribution in [3.05, 3.63) is 41.8 Å². The smallest absolute Gasteiger partial charge is 0.211 e. The fraction of sp³-hybridized carbons (Fsp3) is 0.458. The first kappa shape index (κ1) is 22.8. The zero-order valence-corrected chi connectivity index (χ0v) is 20.4. The molecule has 0 unspecified atom stereocenters. The third-order valence-corrected chi connectivity index (χ3v) is 6.69. The molecule has 1 aliphatic rings. The van der Waals surface area contributed by atoms with Crippen LogP contribution in [0.2, 0.25) is 0 Å². The van der Waals surface area contributed by atoms with E-state index in [1.165, 1.54) is 37.3 Å². The predicted octanol–water partition coefficient (Wildman–Crippen LogP) is 3.89. The van der Waals surface area contributed by atoms with Gasteiger partial charge in [0.25, 0.3) is 0 Å². The monoisotopic (exact) mass is 478 g/mol. The minimum absolute atomic E-state index is 0.455. The van der Waals surface area contributed by atoms with Crippen molar-refractivity contribution in [3.8, 4) is 11.1 Å². The van der Waals surface area contributed by atoms with Gasteiger partial charge in [-0.15, -0.1) is 10.2 Å². The Morgan fingerprint density at radius 1 is 1.06 bits per heavy atom. The van der Waals surface area contributed by atoms with E-state index in [4.69, 9.17) is 4.98 Å². The minimum atomic E-state index is -0.818. The Labute approximate surface area is 202 Å². The van der Waals surface area contributed by atoms with Gasteiger partial charge < -0.3 is 15.3 Å². The standard InChI is InChI=1S/C24H30N8OS/c1-24(2,33)13-22-29-30-23(34-22)28-21-7-6-19-20(27-21)12-17(14-25-19)18-15-26-32(16-18)11-5-10-31-8-3-4-9-31/h6-7,12,14-16,33H,3-5,8-11,13H2,1-2H3,(H,27,28,30). The van der Waals surface area contributed by atoms with Crippen LogP contribution >= 0.6 is 11.3 Å². The van der Waals surface area contributed by atoms with E-state index in [1.54, 1.807) is 13.8 Å². The van der Waals surface area contributed by atoms with E-state index >= 15 is 0 Å². The average molecular weight is 479 g/mol. The second-order valence-corrected chi connectivity index (χ2v) is 10.5. The van der Waals surface area contributed by atoms with Gasteiger partial charge in [-0.25, -0.2) is 4.98 Å². The van der Waals surface area contributed by atoms with Crippen LogP contribution < -0.4 is 5.32 Å². The number of fused-ring (bicyclic) bond motifs is 1. The third kappa shape index (κ3) is 5.75. The number of pyridine rings is 2. The normalized spacial score (nSPS) is 14.8. The van der Waals surface area contributed by atoms with Crippen molar-refractivity contribution < 1.29 is 5.11 Å². The molecule has 0 spiro atoms. The molecule has 1 fully saturated rings. The average Bonchev–Trinajstić information content (AvgIpc) is 3.55. The summed E-state index contributed by atoms with van der Waals surface area (Å²) >= 11 is 1.41. The molecular formula is C24H30N8OS. The Hall–Kier alpha value is -2.95. The zero-order chi connectivity index (χ0) is 23.5. The van der Waals surface area contributed by atoms with Crippen LogP contribution in [0.4, 0.5) is 10.9 Å². The summed E-state index contributed by atoms with van der Waals surface area (Å²) in [4.78, 5) is 11.8. The molecule has 0 radical (unpaired) electrons. The fourth-order valence-electron chi connectivity index (χ4n) is 4.19. The minimum Gasteiger partial charge on any atom is -0.390 e. The van der Waals surface area contributed by atoms with Gasteiger partial charge in [-0.05, 0) is 70.9 Å². The van der Waals surface area contributed by atoms with Gasteiger partial charge in [0.2, 0.25) is 5.13 Å². The van der Waals surface area contributed by atoms with Gasteiger partial charge in [-0.3, -0.25) is 9.67 Å². The Balaban J connectivity index is 1.26. The number of aryl methyl sites for hydroxylation is 1. The highest BCUT2D eigenvalue weighted by atomic mass is 32.1. The molecule has 4 aromatic heterocycles. The van der Waals surface area contributed by atoms with Crippen LogP contribution in [-0.2, 0) is 13.0 Å². The molecule has 0 bridgehead atoms. The number of nitrogens with one attached hydrogen (secondary N) is 1. The molecule has 2 N–H and O–H groups in total. The van der Waals surface area contributed by atoms with Crippen LogP contribution in [-0.4, -0.2) is 65.2 Å². The van der Waals surface area contributed by atoms with Gasteiger partial charge in [-0.2, -0.15) is 5.10 Å². The summed E-state index contributed by atoms with van der Waals surface area (Å²) in [5, 5.41) is 27.5. The second kappa shape index (κ2) is 9.73. The van der Waals surface area contributed by atoms with Crippen LogP contribution in [0.5, 0.6) is 0 Å². The van der Waals surface area contributed by atoms with E-state index in [0.29, 0.717) is 17.4 Å². The molecule has 5 heterocycles. The third-order valence-electron chi connectivity index (χ3n) is 5.85.